The minimum absolute atomic E-state index is 0.0454. The number of carbonyl (C=O) groups is 2. The maximum Gasteiger partial charge on any atom is 0.460 e. The molecule has 0 saturated heterocycles. The number of alkyl halides is 9. The number of amides is 2. The minimum atomic E-state index is -6.85. The van der Waals surface area contributed by atoms with E-state index in [0.717, 1.165) is 0 Å². The summed E-state index contributed by atoms with van der Waals surface area (Å²) in [4.78, 5) is 24.3. The van der Waals surface area contributed by atoms with Gasteiger partial charge in [0.2, 0.25) is 11.8 Å². The van der Waals surface area contributed by atoms with Crippen LogP contribution in [0.1, 0.15) is 64.2 Å². The Labute approximate surface area is 239 Å². The summed E-state index contributed by atoms with van der Waals surface area (Å²) in [7, 11) is 0. The molecule has 5 N–H and O–H groups in total. The average molecular weight is 639 g/mol. The summed E-state index contributed by atoms with van der Waals surface area (Å²) in [5.74, 6) is -19.6. The van der Waals surface area contributed by atoms with E-state index in [1.807, 2.05) is 0 Å². The number of ether oxygens (including phenoxy) is 2. The highest BCUT2D eigenvalue weighted by Crippen LogP contribution is 2.54. The molecule has 17 heteroatoms. The van der Waals surface area contributed by atoms with E-state index < -0.39 is 48.7 Å². The van der Waals surface area contributed by atoms with Crippen LogP contribution >= 0.6 is 12.6 Å². The molecular weight excluding hydrogens is 597 g/mol. The van der Waals surface area contributed by atoms with Crippen LogP contribution in [-0.2, 0) is 19.1 Å². The van der Waals surface area contributed by atoms with E-state index >= 15 is 0 Å². The lowest BCUT2D eigenvalue weighted by Gasteiger charge is -2.33. The largest absolute Gasteiger partial charge is 0.460 e. The Bertz CT molecular complexity index is 748. The Hall–Kier alpha value is -1.46. The number of quaternary nitrogens is 1. The lowest BCUT2D eigenvalue weighted by molar-refractivity contribution is -0.396. The Morgan fingerprint density at radius 1 is 0.732 bits per heavy atom. The number of rotatable bonds is 24. The second-order valence-electron chi connectivity index (χ2n) is 9.35. The van der Waals surface area contributed by atoms with E-state index in [1.165, 1.54) is 0 Å². The van der Waals surface area contributed by atoms with Crippen molar-refractivity contribution in [3.8, 4) is 0 Å². The first kappa shape index (κ1) is 39.5. The molecule has 1 atom stereocenters. The van der Waals surface area contributed by atoms with Crippen molar-refractivity contribution in [2.24, 2.45) is 0 Å². The minimum Gasteiger partial charge on any atom is -0.377 e. The second kappa shape index (κ2) is 19.7. The monoisotopic (exact) mass is 638 g/mol. The van der Waals surface area contributed by atoms with Crippen LogP contribution in [0.4, 0.5) is 39.5 Å². The lowest BCUT2D eigenvalue weighted by Crippen LogP contribution is -2.60. The third kappa shape index (κ3) is 14.5. The summed E-state index contributed by atoms with van der Waals surface area (Å²) in [6.45, 7) is 2.52. The summed E-state index contributed by atoms with van der Waals surface area (Å²) in [5, 5.41) is 5.23. The second-order valence-corrected chi connectivity index (χ2v) is 9.72. The van der Waals surface area contributed by atoms with Crippen LogP contribution < -0.4 is 16.4 Å². The zero-order chi connectivity index (χ0) is 31.6. The maximum absolute atomic E-state index is 13.5. The fourth-order valence-electron chi connectivity index (χ4n) is 3.51. The average Bonchev–Trinajstić information content (AvgIpc) is 2.88. The van der Waals surface area contributed by atoms with Crippen molar-refractivity contribution in [1.82, 2.24) is 10.6 Å². The highest BCUT2D eigenvalue weighted by Gasteiger charge is 2.81. The molecule has 244 valence electrons. The van der Waals surface area contributed by atoms with Crippen molar-refractivity contribution in [1.29, 1.82) is 0 Å². The summed E-state index contributed by atoms with van der Waals surface area (Å²) in [6.07, 6.45) is -5.92. The molecule has 2 amide bonds. The van der Waals surface area contributed by atoms with Crippen molar-refractivity contribution < 1.29 is 64.3 Å². The van der Waals surface area contributed by atoms with Gasteiger partial charge >= 0.3 is 23.9 Å². The van der Waals surface area contributed by atoms with E-state index in [0.29, 0.717) is 64.9 Å². The van der Waals surface area contributed by atoms with Gasteiger partial charge in [0.25, 0.3) is 0 Å². The Balaban J connectivity index is 4.01. The summed E-state index contributed by atoms with van der Waals surface area (Å²) < 4.78 is 126. The van der Waals surface area contributed by atoms with Gasteiger partial charge in [-0.1, -0.05) is 38.5 Å². The predicted octanol–water partition coefficient (Wildman–Crippen LogP) is 4.16. The number of unbranched alkanes of at least 4 members (excludes halogenated alkanes) is 7. The SMILES string of the molecule is [NH3+]CCOCCOCCNC(=O)[C@H](CS)NC(=O)CCCCCCCCCCC(F)(F)C(F)(F)C(F)(F)C(F)(F)F. The Morgan fingerprint density at radius 3 is 1.76 bits per heavy atom. The van der Waals surface area contributed by atoms with Crippen LogP contribution in [0, 0.1) is 0 Å². The molecule has 0 fully saturated rings. The molecule has 41 heavy (non-hydrogen) atoms. The molecule has 0 bridgehead atoms. The van der Waals surface area contributed by atoms with E-state index in [2.05, 4.69) is 29.0 Å². The number of hydrogen-bond donors (Lipinski definition) is 4. The summed E-state index contributed by atoms with van der Waals surface area (Å²) in [5.41, 5.74) is 3.64. The van der Waals surface area contributed by atoms with Crippen LogP contribution in [0.15, 0.2) is 0 Å². The topological polar surface area (TPSA) is 104 Å². The van der Waals surface area contributed by atoms with Gasteiger partial charge in [0.15, 0.2) is 0 Å². The molecule has 0 saturated carbocycles. The van der Waals surface area contributed by atoms with E-state index in [9.17, 15) is 49.1 Å². The number of nitrogens with one attached hydrogen (secondary N) is 2. The molecule has 0 aromatic carbocycles. The molecule has 7 nitrogen and oxygen atoms in total. The first-order valence-electron chi connectivity index (χ1n) is 13.4. The zero-order valence-corrected chi connectivity index (χ0v) is 23.7. The third-order valence-corrected chi connectivity index (χ3v) is 6.26. The predicted molar refractivity (Wildman–Crippen MR) is 135 cm³/mol. The molecule has 0 aromatic rings. The quantitative estimate of drug-likeness (QED) is 0.0725. The summed E-state index contributed by atoms with van der Waals surface area (Å²) >= 11 is 4.08. The zero-order valence-electron chi connectivity index (χ0n) is 22.8. The van der Waals surface area contributed by atoms with Crippen molar-refractivity contribution in [3.05, 3.63) is 0 Å². The highest BCUT2D eigenvalue weighted by molar-refractivity contribution is 7.80. The van der Waals surface area contributed by atoms with Gasteiger partial charge in [0.05, 0.1) is 33.0 Å². The molecule has 0 radical (unpaired) electrons. The molecule has 0 spiro atoms. The van der Waals surface area contributed by atoms with Crippen LogP contribution in [0.5, 0.6) is 0 Å². The van der Waals surface area contributed by atoms with Crippen LogP contribution in [0.3, 0.4) is 0 Å². The molecule has 0 aliphatic carbocycles. The van der Waals surface area contributed by atoms with Crippen LogP contribution in [0.2, 0.25) is 0 Å². The summed E-state index contributed by atoms with van der Waals surface area (Å²) in [6, 6.07) is -0.821. The smallest absolute Gasteiger partial charge is 0.377 e. The fourth-order valence-corrected chi connectivity index (χ4v) is 3.77. The standard InChI is InChI=1S/C24H40F9N3O4S/c25-21(26,22(27,28)23(29,30)24(31,32)33)10-8-6-4-2-1-3-5-7-9-19(37)36-18(17-41)20(38)35-12-14-40-16-15-39-13-11-34/h18,41H,1-17,34H2,(H,35,38)(H,36,37)/p+1/t18-/m0/s1. The molecule has 0 unspecified atom stereocenters. The molecule has 0 aliphatic rings. The molecule has 0 aromatic heterocycles. The van der Waals surface area contributed by atoms with Gasteiger partial charge in [-0.15, -0.1) is 0 Å². The first-order valence-corrected chi connectivity index (χ1v) is 14.0. The molecule has 0 rings (SSSR count). The molecule has 0 heterocycles. The normalized spacial score (nSPS) is 13.7. The first-order chi connectivity index (χ1) is 19.0. The van der Waals surface area contributed by atoms with Gasteiger partial charge in [-0.05, 0) is 12.8 Å². The van der Waals surface area contributed by atoms with Gasteiger partial charge in [-0.3, -0.25) is 9.59 Å². The van der Waals surface area contributed by atoms with Gasteiger partial charge < -0.3 is 25.8 Å². The Morgan fingerprint density at radius 2 is 1.24 bits per heavy atom. The maximum atomic E-state index is 13.5. The lowest BCUT2D eigenvalue weighted by atomic mass is 9.97. The number of thiol groups is 1. The van der Waals surface area contributed by atoms with Gasteiger partial charge in [-0.2, -0.15) is 52.1 Å². The Kier molecular flexibility index (Phi) is 19.0. The van der Waals surface area contributed by atoms with Crippen molar-refractivity contribution in [2.75, 3.05) is 45.3 Å². The number of halogens is 9. The third-order valence-electron chi connectivity index (χ3n) is 5.89. The van der Waals surface area contributed by atoms with Crippen LogP contribution in [0.25, 0.3) is 0 Å². The van der Waals surface area contributed by atoms with Gasteiger partial charge in [0, 0.05) is 25.1 Å². The number of hydrogen-bond acceptors (Lipinski definition) is 5. The molecular formula is C24H41F9N3O4S+. The molecule has 0 aliphatic heterocycles. The van der Waals surface area contributed by atoms with Crippen LogP contribution in [-0.4, -0.2) is 87.1 Å². The van der Waals surface area contributed by atoms with Gasteiger partial charge in [0.1, 0.15) is 6.04 Å². The number of carbonyl (C=O) groups excluding carboxylic acids is 2. The fraction of sp³-hybridized carbons (Fsp3) is 0.917. The van der Waals surface area contributed by atoms with Gasteiger partial charge in [-0.25, -0.2) is 0 Å². The van der Waals surface area contributed by atoms with Crippen molar-refractivity contribution in [3.63, 3.8) is 0 Å². The van der Waals surface area contributed by atoms with Crippen molar-refractivity contribution >= 4 is 24.4 Å². The van der Waals surface area contributed by atoms with E-state index in [1.54, 1.807) is 0 Å². The highest BCUT2D eigenvalue weighted by atomic mass is 32.1. The van der Waals surface area contributed by atoms with E-state index in [-0.39, 0.29) is 37.7 Å². The van der Waals surface area contributed by atoms with Crippen molar-refractivity contribution in [2.45, 2.75) is 94.2 Å². The van der Waals surface area contributed by atoms with E-state index in [4.69, 9.17) is 9.47 Å².